The average Bonchev–Trinajstić information content (AvgIpc) is 1.62. The van der Waals surface area contributed by atoms with E-state index in [9.17, 15) is 0 Å². The lowest BCUT2D eigenvalue weighted by Gasteiger charge is -2.23. The molecular formula is C113H63Cl15. The van der Waals surface area contributed by atoms with Crippen molar-refractivity contribution in [2.75, 3.05) is 0 Å². The highest BCUT2D eigenvalue weighted by Gasteiger charge is 2.36. The molecule has 0 spiro atoms. The van der Waals surface area contributed by atoms with Gasteiger partial charge in [-0.25, -0.2) is 0 Å². The van der Waals surface area contributed by atoms with Gasteiger partial charge in [-0.2, -0.15) is 0 Å². The molecule has 0 saturated heterocycles. The van der Waals surface area contributed by atoms with Gasteiger partial charge in [-0.05, 0) is 222 Å². The summed E-state index contributed by atoms with van der Waals surface area (Å²) in [7, 11) is 0. The summed E-state index contributed by atoms with van der Waals surface area (Å²) in [5, 5.41) is 21.4. The minimum Gasteiger partial charge on any atom is -0.0819 e. The molecular weight excluding hydrogens is 1890 g/mol. The van der Waals surface area contributed by atoms with E-state index in [1.807, 2.05) is 36.4 Å². The van der Waals surface area contributed by atoms with Gasteiger partial charge in [0.05, 0.1) is 75.3 Å². The van der Waals surface area contributed by atoms with Gasteiger partial charge in [0.15, 0.2) is 0 Å². The van der Waals surface area contributed by atoms with Crippen molar-refractivity contribution in [1.29, 1.82) is 0 Å². The Bertz CT molecular complexity index is 8110. The molecule has 21 aromatic carbocycles. The zero-order chi connectivity index (χ0) is 88.4. The predicted molar refractivity (Wildman–Crippen MR) is 561 cm³/mol. The number of rotatable bonds is 9. The molecule has 1 aliphatic rings. The number of halogens is 15. The maximum absolute atomic E-state index is 6.80. The second kappa shape index (κ2) is 35.1. The highest BCUT2D eigenvalue weighted by atomic mass is 35.5. The van der Waals surface area contributed by atoms with E-state index in [2.05, 4.69) is 323 Å². The van der Waals surface area contributed by atoms with Crippen LogP contribution in [0.4, 0.5) is 0 Å². The highest BCUT2D eigenvalue weighted by Crippen LogP contribution is 2.58. The smallest absolute Gasteiger partial charge is 0.0809 e. The SMILES string of the molecule is CC1(C)c2ccccc2-c2ccc(-c3c4ccccc4c(-c4ccccc4)c4cc(-c5c(Cl)c(Cl)c(Cl)c(Cl)c5Cl)ccc34)cc21.Clc1c(Cl)c(Cl)c(-c2ccc3c(-c4ccc5ccccc5c4)c4ccccc4c(-c4ccccc4)c3c2)c(Cl)c1Cl.Clc1c(Cl)c(Cl)c(-c2ccc3c(-c4cccc5ccccc45)c4ccccc4c(-c4ccccc4)c3c2)c(Cl)c1Cl. The van der Waals surface area contributed by atoms with Crippen molar-refractivity contribution in [2.24, 2.45) is 0 Å². The molecule has 0 N–H and O–H groups in total. The number of hydrogen-bond acceptors (Lipinski definition) is 0. The molecule has 0 radical (unpaired) electrons. The number of hydrogen-bond donors (Lipinski definition) is 0. The van der Waals surface area contributed by atoms with Gasteiger partial charge in [-0.3, -0.25) is 0 Å². The summed E-state index contributed by atoms with van der Waals surface area (Å²) >= 11 is 98.6. The van der Waals surface area contributed by atoms with Crippen LogP contribution in [-0.4, -0.2) is 0 Å². The first-order valence-corrected chi connectivity index (χ1v) is 46.6. The van der Waals surface area contributed by atoms with E-state index in [4.69, 9.17) is 174 Å². The van der Waals surface area contributed by atoms with Gasteiger partial charge >= 0.3 is 0 Å². The van der Waals surface area contributed by atoms with Crippen molar-refractivity contribution in [2.45, 2.75) is 19.3 Å². The molecule has 128 heavy (non-hydrogen) atoms. The Labute approximate surface area is 814 Å². The van der Waals surface area contributed by atoms with Gasteiger partial charge in [-0.15, -0.1) is 0 Å². The Morgan fingerprint density at radius 3 is 0.805 bits per heavy atom. The van der Waals surface area contributed by atoms with Crippen LogP contribution < -0.4 is 0 Å². The van der Waals surface area contributed by atoms with Crippen molar-refractivity contribution >= 4 is 260 Å². The van der Waals surface area contributed by atoms with Crippen LogP contribution in [0.1, 0.15) is 25.0 Å². The monoisotopic (exact) mass is 1940 g/mol. The van der Waals surface area contributed by atoms with Gasteiger partial charge in [0.2, 0.25) is 0 Å². The normalized spacial score (nSPS) is 12.2. The van der Waals surface area contributed by atoms with E-state index >= 15 is 0 Å². The molecule has 0 nitrogen and oxygen atoms in total. The summed E-state index contributed by atoms with van der Waals surface area (Å²) in [6, 6.07) is 122. The topological polar surface area (TPSA) is 0 Å². The lowest BCUT2D eigenvalue weighted by atomic mass is 9.80. The van der Waals surface area contributed by atoms with Crippen LogP contribution in [0.2, 0.25) is 75.3 Å². The maximum atomic E-state index is 6.80. The van der Waals surface area contributed by atoms with Gasteiger partial charge in [0.1, 0.15) is 0 Å². The Morgan fingerprint density at radius 1 is 0.141 bits per heavy atom. The lowest BCUT2D eigenvalue weighted by Crippen LogP contribution is -2.14. The summed E-state index contributed by atoms with van der Waals surface area (Å²) < 4.78 is 0. The van der Waals surface area contributed by atoms with Gasteiger partial charge < -0.3 is 0 Å². The minimum atomic E-state index is -0.120. The zero-order valence-corrected chi connectivity index (χ0v) is 78.9. The molecule has 0 aromatic heterocycles. The van der Waals surface area contributed by atoms with E-state index < -0.39 is 0 Å². The largest absolute Gasteiger partial charge is 0.0819 e. The first-order valence-electron chi connectivity index (χ1n) is 41.0. The quantitative estimate of drug-likeness (QED) is 0.0768. The first-order chi connectivity index (χ1) is 62.1. The summed E-state index contributed by atoms with van der Waals surface area (Å²) in [6.07, 6.45) is 0. The van der Waals surface area contributed by atoms with E-state index in [1.54, 1.807) is 0 Å². The van der Waals surface area contributed by atoms with Crippen molar-refractivity contribution in [3.63, 3.8) is 0 Å². The molecule has 0 amide bonds. The summed E-state index contributed by atoms with van der Waals surface area (Å²) in [5.41, 5.74) is 22.9. The van der Waals surface area contributed by atoms with Crippen LogP contribution in [0.5, 0.6) is 0 Å². The molecule has 0 atom stereocenters. The Morgan fingerprint density at radius 2 is 0.398 bits per heavy atom. The fraction of sp³-hybridized carbons (Fsp3) is 0.0265. The van der Waals surface area contributed by atoms with Crippen molar-refractivity contribution in [3.8, 4) is 111 Å². The van der Waals surface area contributed by atoms with Crippen LogP contribution in [0, 0.1) is 0 Å². The zero-order valence-electron chi connectivity index (χ0n) is 67.6. The molecule has 0 heterocycles. The Balaban J connectivity index is 0.000000121. The molecule has 21 aromatic rings. The molecule has 0 bridgehead atoms. The van der Waals surface area contributed by atoms with Gasteiger partial charge in [0, 0.05) is 22.1 Å². The predicted octanol–water partition coefficient (Wildman–Crippen LogP) is 41.4. The fourth-order valence-corrected chi connectivity index (χ4v) is 23.0. The Hall–Kier alpha value is -9.95. The van der Waals surface area contributed by atoms with E-state index in [1.165, 1.54) is 82.2 Å². The third-order valence-electron chi connectivity index (χ3n) is 24.7. The highest BCUT2D eigenvalue weighted by molar-refractivity contribution is 6.59. The minimum absolute atomic E-state index is 0.120. The molecule has 1 aliphatic carbocycles. The summed E-state index contributed by atoms with van der Waals surface area (Å²) in [6.45, 7) is 4.64. The van der Waals surface area contributed by atoms with Crippen molar-refractivity contribution < 1.29 is 0 Å². The summed E-state index contributed by atoms with van der Waals surface area (Å²) in [5.74, 6) is 0. The molecule has 620 valence electrons. The van der Waals surface area contributed by atoms with Gasteiger partial charge in [0.25, 0.3) is 0 Å². The number of fused-ring (bicyclic) bond motifs is 11. The van der Waals surface area contributed by atoms with Crippen LogP contribution >= 0.6 is 174 Å². The molecule has 0 unspecified atom stereocenters. The molecule has 0 saturated carbocycles. The molecule has 0 aliphatic heterocycles. The second-order valence-corrected chi connectivity index (χ2v) is 37.8. The van der Waals surface area contributed by atoms with E-state index in [0.29, 0.717) is 16.7 Å². The van der Waals surface area contributed by atoms with E-state index in [0.717, 1.165) is 110 Å². The van der Waals surface area contributed by atoms with Crippen LogP contribution in [-0.2, 0) is 5.41 Å². The van der Waals surface area contributed by atoms with Crippen LogP contribution in [0.25, 0.3) is 197 Å². The fourth-order valence-electron chi connectivity index (χ4n) is 18.9. The standard InChI is InChI=1S/C41H25Cl5.2C36H19Cl5/c1-41(2)31-15-9-8-12-25(31)26-18-16-24(21-32(26)41)34-28-14-7-6-13-27(28)33(22-10-4-3-5-11-22)30-20-23(17-19-29(30)34)35-36(42)38(44)40(46)39(45)37(35)43;37-32-30(33(38)35(40)36(41)34(32)39)22-17-18-27-28(19-22)29(21-10-2-1-3-11-21)25-14-6-7-15-26(25)31(27)24-16-8-12-20-9-4-5-13-23(20)24;37-32-31(33(38)35(40)36(41)34(32)39)24-16-17-27-28(19-24)29(21-9-2-1-3-10-21)25-12-6-7-13-26(25)30(27)23-15-14-20-8-4-5-11-22(20)18-23/h3-21H,1-2H3;2*1-19H. The Kier molecular flexibility index (Phi) is 23.6. The molecule has 0 fully saturated rings. The van der Waals surface area contributed by atoms with Crippen LogP contribution in [0.15, 0.2) is 346 Å². The lowest BCUT2D eigenvalue weighted by molar-refractivity contribution is 0.660. The molecule has 15 heteroatoms. The number of benzene rings is 21. The van der Waals surface area contributed by atoms with E-state index in [-0.39, 0.29) is 80.8 Å². The summed E-state index contributed by atoms with van der Waals surface area (Å²) in [4.78, 5) is 0. The van der Waals surface area contributed by atoms with Crippen LogP contribution in [0.3, 0.4) is 0 Å². The van der Waals surface area contributed by atoms with Crippen molar-refractivity contribution in [3.05, 3.63) is 432 Å². The first kappa shape index (κ1) is 86.1. The van der Waals surface area contributed by atoms with Gasteiger partial charge in [-0.1, -0.05) is 503 Å². The maximum Gasteiger partial charge on any atom is 0.0809 e. The molecule has 22 rings (SSSR count). The van der Waals surface area contributed by atoms with Crippen molar-refractivity contribution in [1.82, 2.24) is 0 Å². The third kappa shape index (κ3) is 14.7. The third-order valence-corrected chi connectivity index (χ3v) is 31.6. The average molecular weight is 1950 g/mol. The second-order valence-electron chi connectivity index (χ2n) is 32.1.